The predicted octanol–water partition coefficient (Wildman–Crippen LogP) is 5.03. The van der Waals surface area contributed by atoms with E-state index >= 15 is 8.63 Å². The molecule has 0 radical (unpaired) electrons. The number of imide groups is 1. The van der Waals surface area contributed by atoms with E-state index in [9.17, 15) is 19.2 Å². The van der Waals surface area contributed by atoms with Gasteiger partial charge in [0.1, 0.15) is 5.75 Å². The number of unbranched alkanes of at least 4 members (excludes halogenated alkanes) is 2. The zero-order valence-electron chi connectivity index (χ0n) is 25.3. The van der Waals surface area contributed by atoms with Gasteiger partial charge in [0.05, 0.1) is 4.88 Å². The molecule has 0 unspecified atom stereocenters. The summed E-state index contributed by atoms with van der Waals surface area (Å²) in [6.45, 7) is -3.91. The molecule has 5 heterocycles. The number of thiophene rings is 1. The van der Waals surface area contributed by atoms with Crippen LogP contribution in [0, 0.1) is 0 Å². The summed E-state index contributed by atoms with van der Waals surface area (Å²) in [5, 5.41) is 5.16. The maximum atomic E-state index is 16.0. The van der Waals surface area contributed by atoms with Gasteiger partial charge in [0.2, 0.25) is 0 Å². The summed E-state index contributed by atoms with van der Waals surface area (Å²) in [7, 11) is 0. The molecular formula is C33H31BF2N4O6S. The smallest absolute Gasteiger partial charge is 0.484 e. The summed E-state index contributed by atoms with van der Waals surface area (Å²) < 4.78 is 39.8. The fourth-order valence-electron chi connectivity index (χ4n) is 5.57. The number of hydrogen-bond donors (Lipinski definition) is 1. The number of rotatable bonds is 13. The molecule has 2 aromatic heterocycles. The Morgan fingerprint density at radius 2 is 1.77 bits per heavy atom. The molecular weight excluding hydrogens is 629 g/mol. The first kappa shape index (κ1) is 31.9. The first-order chi connectivity index (χ1) is 22.7. The second-order valence-electron chi connectivity index (χ2n) is 11.2. The molecule has 1 aromatic carbocycles. The maximum absolute atomic E-state index is 16.0. The predicted molar refractivity (Wildman–Crippen MR) is 173 cm³/mol. The van der Waals surface area contributed by atoms with E-state index in [1.807, 2.05) is 17.5 Å². The standard InChI is InChI=1S/C33H31BF2N4O6S/c35-34(36)38-24(11-12-25(38)21-26-13-16-28(39(26)34)29-5-4-20-47-29)10-7-23-8-14-27(15-9-23)45-22-30(41)37-19-3-1-2-6-33(44)46-40-31(42)17-18-32(40)43/h4-5,7-16,20-21H,1-3,6,17-19,22H2,(H,37,41)/b10-7+. The zero-order valence-corrected chi connectivity index (χ0v) is 26.1. The van der Waals surface area contributed by atoms with Crippen molar-refractivity contribution in [2.24, 2.45) is 0 Å². The fourth-order valence-corrected chi connectivity index (χ4v) is 6.32. The molecule has 6 rings (SSSR count). The lowest BCUT2D eigenvalue weighted by atomic mass is 9.90. The van der Waals surface area contributed by atoms with Crippen molar-refractivity contribution in [3.05, 3.63) is 93.6 Å². The van der Waals surface area contributed by atoms with E-state index in [2.05, 4.69) is 5.32 Å². The van der Waals surface area contributed by atoms with Gasteiger partial charge in [0.15, 0.2) is 18.0 Å². The van der Waals surface area contributed by atoms with Crippen molar-refractivity contribution in [2.45, 2.75) is 38.5 Å². The first-order valence-electron chi connectivity index (χ1n) is 15.3. The highest BCUT2D eigenvalue weighted by atomic mass is 32.1. The van der Waals surface area contributed by atoms with Crippen LogP contribution in [0.1, 0.15) is 60.4 Å². The van der Waals surface area contributed by atoms with Crippen molar-refractivity contribution in [3.63, 3.8) is 0 Å². The second kappa shape index (κ2) is 13.7. The Bertz CT molecular complexity index is 1810. The highest BCUT2D eigenvalue weighted by molar-refractivity contribution is 7.12. The van der Waals surface area contributed by atoms with Gasteiger partial charge >= 0.3 is 12.9 Å². The number of fused-ring (bicyclic) bond motifs is 2. The molecule has 242 valence electrons. The molecule has 0 atom stereocenters. The van der Waals surface area contributed by atoms with Gasteiger partial charge in [-0.05, 0) is 60.2 Å². The average molecular weight is 661 g/mol. The zero-order chi connectivity index (χ0) is 33.0. The minimum Gasteiger partial charge on any atom is -0.484 e. The lowest BCUT2D eigenvalue weighted by molar-refractivity contribution is -0.360. The Morgan fingerprint density at radius 1 is 0.979 bits per heavy atom. The monoisotopic (exact) mass is 660 g/mol. The minimum absolute atomic E-state index is 0.0498. The van der Waals surface area contributed by atoms with Gasteiger partial charge in [-0.1, -0.05) is 30.7 Å². The molecule has 1 fully saturated rings. The number of amides is 3. The van der Waals surface area contributed by atoms with Gasteiger partial charge in [0.25, 0.3) is 17.7 Å². The number of hydrogen-bond acceptors (Lipinski definition) is 7. The molecule has 1 saturated heterocycles. The number of benzene rings is 1. The Labute approximate surface area is 273 Å². The summed E-state index contributed by atoms with van der Waals surface area (Å²) in [5.41, 5.74) is 2.55. The van der Waals surface area contributed by atoms with Gasteiger partial charge in [0, 0.05) is 55.4 Å². The molecule has 47 heavy (non-hydrogen) atoms. The second-order valence-corrected chi connectivity index (χ2v) is 12.1. The molecule has 1 N–H and O–H groups in total. The van der Waals surface area contributed by atoms with Crippen LogP contribution in [0.15, 0.2) is 71.8 Å². The van der Waals surface area contributed by atoms with Gasteiger partial charge in [-0.3, -0.25) is 14.4 Å². The quantitative estimate of drug-likeness (QED) is 0.157. The molecule has 10 nitrogen and oxygen atoms in total. The lowest BCUT2D eigenvalue weighted by Gasteiger charge is -2.30. The molecule has 3 aromatic rings. The molecule has 14 heteroatoms. The van der Waals surface area contributed by atoms with E-state index in [1.54, 1.807) is 66.8 Å². The molecule has 0 saturated carbocycles. The van der Waals surface area contributed by atoms with Crippen LogP contribution in [0.4, 0.5) is 8.63 Å². The van der Waals surface area contributed by atoms with Crippen LogP contribution < -0.4 is 10.1 Å². The number of hydroxylamine groups is 2. The van der Waals surface area contributed by atoms with Gasteiger partial charge in [-0.2, -0.15) is 0 Å². The highest BCUT2D eigenvalue weighted by Gasteiger charge is 2.52. The number of aromatic nitrogens is 1. The number of halogens is 2. The van der Waals surface area contributed by atoms with Crippen LogP contribution in [0.2, 0.25) is 0 Å². The number of carbonyl (C=O) groups is 4. The summed E-state index contributed by atoms with van der Waals surface area (Å²) in [6.07, 6.45) is 10.5. The third kappa shape index (κ3) is 7.02. The molecule has 3 amide bonds. The molecule has 0 bridgehead atoms. The Kier molecular flexibility index (Phi) is 9.30. The number of nitrogens with zero attached hydrogens (tertiary/aromatic N) is 3. The number of nitrogens with one attached hydrogen (secondary N) is 1. The first-order valence-corrected chi connectivity index (χ1v) is 16.2. The summed E-state index contributed by atoms with van der Waals surface area (Å²) in [5.74, 6) is -1.48. The molecule has 0 spiro atoms. The largest absolute Gasteiger partial charge is 0.737 e. The van der Waals surface area contributed by atoms with Crippen LogP contribution in [0.3, 0.4) is 0 Å². The number of allylic oxidation sites excluding steroid dienone is 2. The highest BCUT2D eigenvalue weighted by Crippen LogP contribution is 2.34. The lowest BCUT2D eigenvalue weighted by Crippen LogP contribution is -2.50. The summed E-state index contributed by atoms with van der Waals surface area (Å²) >= 11 is 1.42. The fraction of sp³-hybridized carbons (Fsp3) is 0.242. The SMILES string of the molecule is O=C(COc1ccc(/C=C/c2ccc3n2[B-](F)(F)[N+]2=C(c4cccs4)C=CC2=C3)cc1)NCCCCCC(=O)ON1C(=O)CCC1=O. The normalized spacial score (nSPS) is 16.5. The maximum Gasteiger partial charge on any atom is 0.737 e. The summed E-state index contributed by atoms with van der Waals surface area (Å²) in [4.78, 5) is 52.6. The van der Waals surface area contributed by atoms with Crippen molar-refractivity contribution >= 4 is 65.9 Å². The topological polar surface area (TPSA) is 110 Å². The van der Waals surface area contributed by atoms with Crippen molar-refractivity contribution in [2.75, 3.05) is 13.2 Å². The molecule has 0 aliphatic carbocycles. The third-order valence-electron chi connectivity index (χ3n) is 7.90. The van der Waals surface area contributed by atoms with Crippen molar-refractivity contribution < 1.29 is 41.9 Å². The van der Waals surface area contributed by atoms with Crippen molar-refractivity contribution in [3.8, 4) is 5.75 Å². The minimum atomic E-state index is -4.12. The van der Waals surface area contributed by atoms with E-state index in [0.29, 0.717) is 59.4 Å². The van der Waals surface area contributed by atoms with Crippen molar-refractivity contribution in [1.29, 1.82) is 0 Å². The van der Waals surface area contributed by atoms with E-state index in [4.69, 9.17) is 9.57 Å². The van der Waals surface area contributed by atoms with E-state index in [1.165, 1.54) is 11.3 Å². The number of ether oxygens (including phenoxy) is 1. The van der Waals surface area contributed by atoms with E-state index in [-0.39, 0.29) is 31.8 Å². The average Bonchev–Trinajstić information content (AvgIpc) is 3.87. The third-order valence-corrected chi connectivity index (χ3v) is 8.79. The Balaban J connectivity index is 0.944. The van der Waals surface area contributed by atoms with Crippen LogP contribution in [0.25, 0.3) is 18.2 Å². The van der Waals surface area contributed by atoms with Gasteiger partial charge in [-0.15, -0.1) is 16.4 Å². The van der Waals surface area contributed by atoms with Crippen LogP contribution >= 0.6 is 11.3 Å². The van der Waals surface area contributed by atoms with Crippen molar-refractivity contribution in [1.82, 2.24) is 14.9 Å². The Hall–Kier alpha value is -5.11. The molecule has 3 aliphatic rings. The number of carbonyl (C=O) groups excluding carboxylic acids is 4. The van der Waals surface area contributed by atoms with Crippen LogP contribution in [0.5, 0.6) is 5.75 Å². The van der Waals surface area contributed by atoms with Crippen LogP contribution in [-0.2, 0) is 24.0 Å². The van der Waals surface area contributed by atoms with E-state index in [0.717, 1.165) is 19.4 Å². The van der Waals surface area contributed by atoms with E-state index < -0.39 is 24.8 Å². The Morgan fingerprint density at radius 3 is 2.51 bits per heavy atom. The molecule has 3 aliphatic heterocycles. The van der Waals surface area contributed by atoms with Gasteiger partial charge in [-0.25, -0.2) is 4.79 Å². The summed E-state index contributed by atoms with van der Waals surface area (Å²) in [6, 6.07) is 14.0. The van der Waals surface area contributed by atoms with Crippen LogP contribution in [-0.4, -0.2) is 63.6 Å². The van der Waals surface area contributed by atoms with Gasteiger partial charge < -0.3 is 32.5 Å².